The Kier molecular flexibility index (Phi) is 4.19. The molecule has 4 nitrogen and oxygen atoms in total. The van der Waals surface area contributed by atoms with Crippen molar-refractivity contribution < 1.29 is 9.35 Å². The highest BCUT2D eigenvalue weighted by atomic mass is 15.9. The molecule has 1 atom stereocenters. The Bertz CT molecular complexity index is 2500. The Morgan fingerprint density at radius 2 is 1.17 bits per heavy atom. The second-order valence-corrected chi connectivity index (χ2v) is 14.4. The molecule has 5 aromatic carbocycles. The minimum atomic E-state index is -0.445. The number of fused-ring (bicyclic) bond motifs is 13. The predicted octanol–water partition coefficient (Wildman–Crippen LogP) is 8.25. The van der Waals surface area contributed by atoms with Gasteiger partial charge < -0.3 is 0 Å². The summed E-state index contributed by atoms with van der Waals surface area (Å²) >= 11 is 0. The quantitative estimate of drug-likeness (QED) is 0.124. The summed E-state index contributed by atoms with van der Waals surface area (Å²) in [4.78, 5) is 0. The molecule has 0 bridgehead atoms. The fourth-order valence-corrected chi connectivity index (χ4v) is 9.63. The average Bonchev–Trinajstić information content (AvgIpc) is 3.76. The molecule has 1 aliphatic carbocycles. The van der Waals surface area contributed by atoms with Crippen molar-refractivity contribution in [2.24, 2.45) is 7.05 Å². The molecule has 0 fully saturated rings. The molecule has 7 aromatic rings. The van der Waals surface area contributed by atoms with Crippen molar-refractivity contribution >= 4 is 22.4 Å². The van der Waals surface area contributed by atoms with Crippen LogP contribution in [-0.2, 0) is 17.9 Å². The number of hydrogen-bond acceptors (Lipinski definition) is 0. The van der Waals surface area contributed by atoms with Gasteiger partial charge in [0.15, 0.2) is 5.52 Å². The first-order valence-corrected chi connectivity index (χ1v) is 16.3. The van der Waals surface area contributed by atoms with Gasteiger partial charge in [0.05, 0.1) is 12.5 Å². The Morgan fingerprint density at radius 3 is 1.87 bits per heavy atom. The zero-order valence-corrected chi connectivity index (χ0v) is 26.4. The molecule has 5 heterocycles. The minimum Gasteiger partial charge on any atom is -0.221 e. The Hall–Kier alpha value is -5.32. The van der Waals surface area contributed by atoms with Crippen LogP contribution in [0.3, 0.4) is 0 Å². The van der Waals surface area contributed by atoms with E-state index in [0.717, 1.165) is 0 Å². The molecule has 0 radical (unpaired) electrons. The van der Waals surface area contributed by atoms with Crippen LogP contribution in [0.2, 0.25) is 0 Å². The van der Waals surface area contributed by atoms with Crippen molar-refractivity contribution in [2.75, 3.05) is 0 Å². The minimum absolute atomic E-state index is 0.0251. The van der Waals surface area contributed by atoms with Crippen LogP contribution in [0.5, 0.6) is 0 Å². The second-order valence-electron chi connectivity index (χ2n) is 14.4. The molecule has 2 aromatic heterocycles. The molecule has 11 rings (SSSR count). The zero-order chi connectivity index (χ0) is 30.7. The summed E-state index contributed by atoms with van der Waals surface area (Å²) in [5.41, 5.74) is 18.1. The van der Waals surface area contributed by atoms with Crippen molar-refractivity contribution in [3.63, 3.8) is 0 Å². The molecule has 4 heteroatoms. The van der Waals surface area contributed by atoms with Crippen LogP contribution in [0, 0.1) is 0 Å². The number of rotatable bonds is 0. The summed E-state index contributed by atoms with van der Waals surface area (Å²) in [6.07, 6.45) is 2.36. The third-order valence-corrected chi connectivity index (χ3v) is 11.4. The summed E-state index contributed by atoms with van der Waals surface area (Å²) in [6.45, 7) is 6.95. The average molecular weight is 594 g/mol. The van der Waals surface area contributed by atoms with Gasteiger partial charge in [0.1, 0.15) is 15.8 Å². The molecule has 0 saturated heterocycles. The van der Waals surface area contributed by atoms with Gasteiger partial charge in [-0.15, -0.1) is 0 Å². The third kappa shape index (κ3) is 2.42. The highest BCUT2D eigenvalue weighted by Crippen LogP contribution is 2.67. The molecule has 0 N–H and O–H groups in total. The summed E-state index contributed by atoms with van der Waals surface area (Å²) in [5, 5.41) is 0. The van der Waals surface area contributed by atoms with Crippen molar-refractivity contribution in [1.82, 2.24) is 9.27 Å². The first kappa shape index (κ1) is 24.9. The van der Waals surface area contributed by atoms with Gasteiger partial charge in [-0.2, -0.15) is 0 Å². The number of hydrogen-bond donors (Lipinski definition) is 0. The first-order chi connectivity index (χ1) is 22.4. The van der Waals surface area contributed by atoms with Crippen LogP contribution in [0.4, 0.5) is 11.4 Å². The second kappa shape index (κ2) is 7.72. The van der Waals surface area contributed by atoms with Gasteiger partial charge in [-0.25, -0.2) is 4.57 Å². The molecule has 1 unspecified atom stereocenters. The summed E-state index contributed by atoms with van der Waals surface area (Å²) in [5.74, 6) is 1.23. The van der Waals surface area contributed by atoms with E-state index < -0.39 is 5.41 Å². The van der Waals surface area contributed by atoms with E-state index in [1.54, 1.807) is 0 Å². The fourth-order valence-electron chi connectivity index (χ4n) is 9.63. The van der Waals surface area contributed by atoms with E-state index in [1.165, 1.54) is 84.0 Å². The van der Waals surface area contributed by atoms with Gasteiger partial charge in [-0.3, -0.25) is 0 Å². The molecular formula is C42H33N4+3. The molecule has 3 aliphatic heterocycles. The Balaban J connectivity index is 1.43. The maximum absolute atomic E-state index is 2.61. The van der Waals surface area contributed by atoms with E-state index in [-0.39, 0.29) is 5.41 Å². The van der Waals surface area contributed by atoms with Crippen LogP contribution in [-0.4, -0.2) is 4.57 Å². The van der Waals surface area contributed by atoms with Crippen LogP contribution in [0.25, 0.3) is 44.8 Å². The smallest absolute Gasteiger partial charge is 0.221 e. The predicted molar refractivity (Wildman–Crippen MR) is 182 cm³/mol. The lowest BCUT2D eigenvalue weighted by atomic mass is 9.64. The molecule has 0 saturated carbocycles. The number of nitrogens with zero attached hydrogens (tertiary/aromatic N) is 4. The molecule has 4 aliphatic rings. The largest absolute Gasteiger partial charge is 0.353 e. The van der Waals surface area contributed by atoms with E-state index in [2.05, 4.69) is 169 Å². The monoisotopic (exact) mass is 593 g/mol. The van der Waals surface area contributed by atoms with Gasteiger partial charge in [0, 0.05) is 32.6 Å². The first-order valence-electron chi connectivity index (χ1n) is 16.3. The maximum Gasteiger partial charge on any atom is 0.353 e. The van der Waals surface area contributed by atoms with Crippen molar-refractivity contribution in [3.8, 4) is 33.8 Å². The maximum atomic E-state index is 2.61. The van der Waals surface area contributed by atoms with Gasteiger partial charge in [-0.1, -0.05) is 106 Å². The lowest BCUT2D eigenvalue weighted by molar-refractivity contribution is -1.01. The number of pyridine rings is 1. The van der Waals surface area contributed by atoms with Crippen molar-refractivity contribution in [2.45, 2.75) is 31.6 Å². The number of benzene rings is 5. The normalized spacial score (nSPS) is 18.3. The summed E-state index contributed by atoms with van der Waals surface area (Å²) in [6, 6.07) is 46.1. The summed E-state index contributed by atoms with van der Waals surface area (Å²) in [7, 11) is 2.23. The number of para-hydroxylation sites is 4. The lowest BCUT2D eigenvalue weighted by Gasteiger charge is -2.39. The van der Waals surface area contributed by atoms with E-state index in [9.17, 15) is 0 Å². The van der Waals surface area contributed by atoms with Crippen LogP contribution in [0.15, 0.2) is 128 Å². The van der Waals surface area contributed by atoms with E-state index in [1.807, 2.05) is 0 Å². The van der Waals surface area contributed by atoms with E-state index in [0.29, 0.717) is 4.70 Å². The van der Waals surface area contributed by atoms with Crippen molar-refractivity contribution in [3.05, 3.63) is 155 Å². The Morgan fingerprint density at radius 1 is 0.609 bits per heavy atom. The number of aryl methyl sites for hydroxylation is 1. The standard InChI is InChI=1S/C42H33N4/c1-41(2,3)26-23-24-44-37(25-26)29-15-11-19-33-38(29)46(44)39-30(40-43(4)35-21-9-10-22-36(35)45(40)46)16-12-20-34(39)42(33)31-17-7-5-13-27(31)28-14-6-8-18-32(28)42/h5-25H,1-4H3/q+3. The van der Waals surface area contributed by atoms with Gasteiger partial charge in [-0.05, 0) is 57.5 Å². The molecular weight excluding hydrogens is 560 g/mol. The molecule has 0 amide bonds. The van der Waals surface area contributed by atoms with Gasteiger partial charge in [0.2, 0.25) is 11.7 Å². The lowest BCUT2D eigenvalue weighted by Crippen LogP contribution is -2.82. The van der Waals surface area contributed by atoms with Crippen molar-refractivity contribution in [1.29, 1.82) is 0 Å². The highest BCUT2D eigenvalue weighted by Gasteiger charge is 2.75. The van der Waals surface area contributed by atoms with Crippen LogP contribution < -0.4 is 14.1 Å². The van der Waals surface area contributed by atoms with Crippen LogP contribution in [0.1, 0.15) is 48.6 Å². The number of quaternary nitrogens is 1. The zero-order valence-electron chi connectivity index (χ0n) is 26.4. The van der Waals surface area contributed by atoms with E-state index in [4.69, 9.17) is 0 Å². The fraction of sp³-hybridized carbons (Fsp3) is 0.143. The topological polar surface area (TPSA) is 12.7 Å². The molecule has 46 heavy (non-hydrogen) atoms. The summed E-state index contributed by atoms with van der Waals surface area (Å²) < 4.78 is 8.05. The van der Waals surface area contributed by atoms with Gasteiger partial charge >= 0.3 is 5.82 Å². The number of aromatic nitrogens is 3. The third-order valence-electron chi connectivity index (χ3n) is 11.4. The Labute approximate surface area is 268 Å². The van der Waals surface area contributed by atoms with E-state index >= 15 is 0 Å². The number of imidazole rings is 1. The highest BCUT2D eigenvalue weighted by molar-refractivity contribution is 5.99. The van der Waals surface area contributed by atoms with Gasteiger partial charge in [0.25, 0.3) is 17.1 Å². The molecule has 2 spiro atoms. The van der Waals surface area contributed by atoms with Crippen LogP contribution >= 0.6 is 0 Å². The SMILES string of the molecule is Cn1c2[n+](c3ccccc31)[N+]13c4c(cccc4C4(c5ccccc5-c5ccccc54)c4cccc-2c41)-c1cc(C(C)(C)C)cc[n+]13. The molecule has 218 valence electrons.